The highest BCUT2D eigenvalue weighted by Gasteiger charge is 2.12. The van der Waals surface area contributed by atoms with E-state index < -0.39 is 0 Å². The van der Waals surface area contributed by atoms with Crippen LogP contribution in [-0.2, 0) is 0 Å². The van der Waals surface area contributed by atoms with Crippen LogP contribution in [0.1, 0.15) is 51.9 Å². The average molecular weight is 249 g/mol. The van der Waals surface area contributed by atoms with Gasteiger partial charge in [0, 0.05) is 12.1 Å². The maximum absolute atomic E-state index is 5.52. The van der Waals surface area contributed by atoms with Crippen molar-refractivity contribution in [3.63, 3.8) is 0 Å². The topological polar surface area (TPSA) is 47.0 Å². The van der Waals surface area contributed by atoms with Crippen LogP contribution in [0.4, 0.5) is 5.82 Å². The fourth-order valence-corrected chi connectivity index (χ4v) is 2.34. The van der Waals surface area contributed by atoms with Gasteiger partial charge in [-0.25, -0.2) is 9.97 Å². The minimum absolute atomic E-state index is 0.557. The van der Waals surface area contributed by atoms with Gasteiger partial charge in [-0.2, -0.15) is 0 Å². The third kappa shape index (κ3) is 4.17. The van der Waals surface area contributed by atoms with Gasteiger partial charge in [0.05, 0.1) is 6.61 Å². The van der Waals surface area contributed by atoms with Crippen molar-refractivity contribution in [1.29, 1.82) is 0 Å². The first-order valence-electron chi connectivity index (χ1n) is 7.10. The maximum atomic E-state index is 5.52. The molecule has 1 saturated carbocycles. The van der Waals surface area contributed by atoms with Crippen LogP contribution in [0.3, 0.4) is 0 Å². The third-order valence-electron chi connectivity index (χ3n) is 3.30. The Morgan fingerprint density at radius 3 is 2.72 bits per heavy atom. The lowest BCUT2D eigenvalue weighted by Crippen LogP contribution is -2.19. The van der Waals surface area contributed by atoms with Gasteiger partial charge in [-0.1, -0.05) is 32.6 Å². The van der Waals surface area contributed by atoms with E-state index in [4.69, 9.17) is 4.74 Å². The molecule has 0 atom stereocenters. The fourth-order valence-electron chi connectivity index (χ4n) is 2.34. The number of rotatable bonds is 5. The van der Waals surface area contributed by atoms with Crippen molar-refractivity contribution in [3.05, 3.63) is 12.4 Å². The summed E-state index contributed by atoms with van der Waals surface area (Å²) in [7, 11) is 0. The monoisotopic (exact) mass is 249 g/mol. The van der Waals surface area contributed by atoms with Gasteiger partial charge in [0.2, 0.25) is 5.88 Å². The Labute approximate surface area is 109 Å². The van der Waals surface area contributed by atoms with Gasteiger partial charge in [-0.15, -0.1) is 0 Å². The van der Waals surface area contributed by atoms with Crippen molar-refractivity contribution in [2.45, 2.75) is 57.9 Å². The van der Waals surface area contributed by atoms with Crippen LogP contribution < -0.4 is 10.1 Å². The molecule has 0 aromatic carbocycles. The van der Waals surface area contributed by atoms with Crippen LogP contribution in [0.2, 0.25) is 0 Å². The first kappa shape index (κ1) is 13.1. The third-order valence-corrected chi connectivity index (χ3v) is 3.30. The summed E-state index contributed by atoms with van der Waals surface area (Å²) in [6.45, 7) is 2.80. The molecule has 0 saturated heterocycles. The Kier molecular flexibility index (Phi) is 5.24. The molecular formula is C14H23N3O. The van der Waals surface area contributed by atoms with Crippen molar-refractivity contribution in [2.24, 2.45) is 0 Å². The quantitative estimate of drug-likeness (QED) is 0.812. The molecule has 1 heterocycles. The van der Waals surface area contributed by atoms with Gasteiger partial charge in [-0.3, -0.25) is 0 Å². The molecule has 0 radical (unpaired) electrons. The molecule has 0 bridgehead atoms. The Hall–Kier alpha value is -1.32. The van der Waals surface area contributed by atoms with Crippen molar-refractivity contribution < 1.29 is 4.74 Å². The van der Waals surface area contributed by atoms with Crippen molar-refractivity contribution in [3.8, 4) is 5.88 Å². The van der Waals surface area contributed by atoms with Gasteiger partial charge >= 0.3 is 0 Å². The summed E-state index contributed by atoms with van der Waals surface area (Å²) < 4.78 is 5.52. The fraction of sp³-hybridized carbons (Fsp3) is 0.714. The molecule has 1 N–H and O–H groups in total. The van der Waals surface area contributed by atoms with E-state index in [0.717, 1.165) is 12.2 Å². The predicted octanol–water partition coefficient (Wildman–Crippen LogP) is 3.40. The van der Waals surface area contributed by atoms with E-state index in [2.05, 4.69) is 22.2 Å². The predicted molar refractivity (Wildman–Crippen MR) is 72.9 cm³/mol. The molecule has 0 spiro atoms. The summed E-state index contributed by atoms with van der Waals surface area (Å²) in [4.78, 5) is 8.39. The molecule has 1 aliphatic carbocycles. The van der Waals surface area contributed by atoms with Gasteiger partial charge in [0.15, 0.2) is 0 Å². The zero-order valence-corrected chi connectivity index (χ0v) is 11.2. The van der Waals surface area contributed by atoms with E-state index in [1.165, 1.54) is 38.5 Å². The highest BCUT2D eigenvalue weighted by molar-refractivity contribution is 5.38. The summed E-state index contributed by atoms with van der Waals surface area (Å²) >= 11 is 0. The molecule has 1 fully saturated rings. The Balaban J connectivity index is 1.91. The van der Waals surface area contributed by atoms with E-state index in [1.54, 1.807) is 6.33 Å². The molecule has 18 heavy (non-hydrogen) atoms. The molecule has 1 aliphatic rings. The summed E-state index contributed by atoms with van der Waals surface area (Å²) in [5, 5.41) is 3.51. The molecular weight excluding hydrogens is 226 g/mol. The summed E-state index contributed by atoms with van der Waals surface area (Å²) in [5.41, 5.74) is 0. The summed E-state index contributed by atoms with van der Waals surface area (Å²) in [5.74, 6) is 1.56. The van der Waals surface area contributed by atoms with Gasteiger partial charge < -0.3 is 10.1 Å². The zero-order chi connectivity index (χ0) is 12.6. The average Bonchev–Trinajstić information content (AvgIpc) is 2.65. The van der Waals surface area contributed by atoms with Gasteiger partial charge in [0.1, 0.15) is 12.1 Å². The maximum Gasteiger partial charge on any atom is 0.218 e. The molecule has 2 rings (SSSR count). The number of ether oxygens (including phenoxy) is 1. The number of hydrogen-bond acceptors (Lipinski definition) is 4. The summed E-state index contributed by atoms with van der Waals surface area (Å²) in [6.07, 6.45) is 10.4. The Morgan fingerprint density at radius 2 is 2.00 bits per heavy atom. The second-order valence-corrected chi connectivity index (χ2v) is 4.92. The molecule has 0 unspecified atom stereocenters. The standard InChI is InChI=1S/C14H23N3O/c1-2-9-18-14-10-13(15-11-16-14)17-12-7-5-3-4-6-8-12/h10-12H,2-9H2,1H3,(H,15,16,17). The highest BCUT2D eigenvalue weighted by atomic mass is 16.5. The van der Waals surface area contributed by atoms with Gasteiger partial charge in [-0.05, 0) is 19.3 Å². The van der Waals surface area contributed by atoms with Crippen LogP contribution in [0.25, 0.3) is 0 Å². The van der Waals surface area contributed by atoms with Crippen LogP contribution in [0.15, 0.2) is 12.4 Å². The minimum Gasteiger partial charge on any atom is -0.478 e. The lowest BCUT2D eigenvalue weighted by atomic mass is 10.1. The summed E-state index contributed by atoms with van der Waals surface area (Å²) in [6, 6.07) is 2.46. The largest absolute Gasteiger partial charge is 0.478 e. The van der Waals surface area contributed by atoms with Crippen LogP contribution in [0.5, 0.6) is 5.88 Å². The molecule has 1 aromatic heterocycles. The van der Waals surface area contributed by atoms with Crippen LogP contribution >= 0.6 is 0 Å². The van der Waals surface area contributed by atoms with E-state index in [9.17, 15) is 0 Å². The smallest absolute Gasteiger partial charge is 0.218 e. The minimum atomic E-state index is 0.557. The van der Waals surface area contributed by atoms with E-state index >= 15 is 0 Å². The zero-order valence-electron chi connectivity index (χ0n) is 11.2. The SMILES string of the molecule is CCCOc1cc(NC2CCCCCC2)ncn1. The normalized spacial score (nSPS) is 17.2. The second kappa shape index (κ2) is 7.19. The van der Waals surface area contributed by atoms with Crippen molar-refractivity contribution in [1.82, 2.24) is 9.97 Å². The van der Waals surface area contributed by atoms with E-state index in [1.807, 2.05) is 6.07 Å². The molecule has 0 aliphatic heterocycles. The number of hydrogen-bond donors (Lipinski definition) is 1. The van der Waals surface area contributed by atoms with E-state index in [0.29, 0.717) is 18.5 Å². The Bertz CT molecular complexity index is 349. The van der Waals surface area contributed by atoms with Crippen LogP contribution in [-0.4, -0.2) is 22.6 Å². The first-order valence-corrected chi connectivity index (χ1v) is 7.10. The molecule has 4 heteroatoms. The molecule has 1 aromatic rings. The number of aromatic nitrogens is 2. The number of nitrogens with zero attached hydrogens (tertiary/aromatic N) is 2. The number of nitrogens with one attached hydrogen (secondary N) is 1. The van der Waals surface area contributed by atoms with Crippen molar-refractivity contribution >= 4 is 5.82 Å². The highest BCUT2D eigenvalue weighted by Crippen LogP contribution is 2.21. The molecule has 0 amide bonds. The van der Waals surface area contributed by atoms with Gasteiger partial charge in [0.25, 0.3) is 0 Å². The number of anilines is 1. The Morgan fingerprint density at radius 1 is 1.22 bits per heavy atom. The lowest BCUT2D eigenvalue weighted by molar-refractivity contribution is 0.305. The first-order chi connectivity index (χ1) is 8.88. The lowest BCUT2D eigenvalue weighted by Gasteiger charge is -2.16. The van der Waals surface area contributed by atoms with E-state index in [-0.39, 0.29) is 0 Å². The second-order valence-electron chi connectivity index (χ2n) is 4.92. The molecule has 4 nitrogen and oxygen atoms in total. The van der Waals surface area contributed by atoms with Crippen molar-refractivity contribution in [2.75, 3.05) is 11.9 Å². The van der Waals surface area contributed by atoms with Crippen LogP contribution in [0, 0.1) is 0 Å². The molecule has 100 valence electrons.